The highest BCUT2D eigenvalue weighted by molar-refractivity contribution is 6.37. The number of para-hydroxylation sites is 1. The summed E-state index contributed by atoms with van der Waals surface area (Å²) in [5, 5.41) is 3.21. The van der Waals surface area contributed by atoms with Crippen molar-refractivity contribution in [3.63, 3.8) is 0 Å². The van der Waals surface area contributed by atoms with Crippen molar-refractivity contribution < 1.29 is 14.3 Å². The van der Waals surface area contributed by atoms with E-state index in [0.29, 0.717) is 16.9 Å². The van der Waals surface area contributed by atoms with Crippen molar-refractivity contribution in [3.05, 3.63) is 72.4 Å². The first kappa shape index (κ1) is 21.7. The minimum Gasteiger partial charge on any atom is -0.496 e. The number of imide groups is 1. The van der Waals surface area contributed by atoms with Gasteiger partial charge >= 0.3 is 0 Å². The third kappa shape index (κ3) is 4.13. The lowest BCUT2D eigenvalue weighted by Crippen LogP contribution is -2.32. The van der Waals surface area contributed by atoms with Crippen LogP contribution < -0.4 is 15.0 Å². The van der Waals surface area contributed by atoms with Crippen molar-refractivity contribution in [2.45, 2.75) is 19.8 Å². The third-order valence-electron chi connectivity index (χ3n) is 6.14. The number of rotatable bonds is 7. The van der Waals surface area contributed by atoms with E-state index in [1.165, 1.54) is 23.4 Å². The summed E-state index contributed by atoms with van der Waals surface area (Å²) in [4.78, 5) is 29.9. The molecule has 4 rings (SSSR count). The smallest absolute Gasteiger partial charge is 0.278 e. The average molecular weight is 432 g/mol. The van der Waals surface area contributed by atoms with Gasteiger partial charge in [0, 0.05) is 36.6 Å². The van der Waals surface area contributed by atoms with Crippen molar-refractivity contribution >= 4 is 28.8 Å². The maximum absolute atomic E-state index is 13.2. The van der Waals surface area contributed by atoms with E-state index in [9.17, 15) is 9.59 Å². The number of carbonyl (C=O) groups excluding carboxylic acids is 2. The number of methoxy groups -OCH3 is 1. The number of hydrogen-bond acceptors (Lipinski definition) is 5. The van der Waals surface area contributed by atoms with Gasteiger partial charge in [0.1, 0.15) is 11.4 Å². The average Bonchev–Trinajstić information content (AvgIpc) is 3.04. The highest BCUT2D eigenvalue weighted by Gasteiger charge is 2.39. The van der Waals surface area contributed by atoms with Crippen LogP contribution in [0.25, 0.3) is 5.57 Å². The maximum atomic E-state index is 13.2. The Kier molecular flexibility index (Phi) is 6.30. The quantitative estimate of drug-likeness (QED) is 0.523. The Balaban J connectivity index is 1.65. The van der Waals surface area contributed by atoms with Crippen LogP contribution in [0.15, 0.2) is 66.9 Å². The molecule has 2 aromatic rings. The summed E-state index contributed by atoms with van der Waals surface area (Å²) in [6.07, 6.45) is 3.95. The molecule has 0 radical (unpaired) electrons. The highest BCUT2D eigenvalue weighted by atomic mass is 16.5. The van der Waals surface area contributed by atoms with Crippen LogP contribution in [0.1, 0.15) is 25.3 Å². The predicted molar refractivity (Wildman–Crippen MR) is 128 cm³/mol. The van der Waals surface area contributed by atoms with Crippen LogP contribution in [0.4, 0.5) is 11.4 Å². The number of hydrogen-bond donors (Lipinski definition) is 1. The van der Waals surface area contributed by atoms with E-state index >= 15 is 0 Å². The number of benzene rings is 2. The van der Waals surface area contributed by atoms with Gasteiger partial charge in [-0.05, 0) is 49.1 Å². The van der Waals surface area contributed by atoms with Gasteiger partial charge in [-0.3, -0.25) is 14.5 Å². The van der Waals surface area contributed by atoms with Gasteiger partial charge in [0.2, 0.25) is 0 Å². The van der Waals surface area contributed by atoms with Gasteiger partial charge in [-0.25, -0.2) is 0 Å². The highest BCUT2D eigenvalue weighted by Crippen LogP contribution is 2.35. The van der Waals surface area contributed by atoms with Crippen molar-refractivity contribution in [2.75, 3.05) is 37.0 Å². The maximum Gasteiger partial charge on any atom is 0.278 e. The summed E-state index contributed by atoms with van der Waals surface area (Å²) in [6.45, 7) is 8.24. The Labute approximate surface area is 189 Å². The van der Waals surface area contributed by atoms with Crippen LogP contribution in [0, 0.1) is 5.92 Å². The SMILES string of the molecule is C=CCN1C(=O)C(Nc2ccc(N3CCC(C)CC3)cc2)=C(c2ccccc2OC)C1=O. The first-order valence-corrected chi connectivity index (χ1v) is 11.0. The summed E-state index contributed by atoms with van der Waals surface area (Å²) >= 11 is 0. The monoisotopic (exact) mass is 431 g/mol. The van der Waals surface area contributed by atoms with Gasteiger partial charge in [-0.15, -0.1) is 6.58 Å². The fourth-order valence-electron chi connectivity index (χ4n) is 4.25. The first-order valence-electron chi connectivity index (χ1n) is 11.0. The Bertz CT molecular complexity index is 1050. The van der Waals surface area contributed by atoms with E-state index in [0.717, 1.165) is 24.7 Å². The molecule has 0 saturated carbocycles. The molecule has 0 aliphatic carbocycles. The van der Waals surface area contributed by atoms with Gasteiger partial charge in [-0.2, -0.15) is 0 Å². The number of ether oxygens (including phenoxy) is 1. The Morgan fingerprint density at radius 3 is 2.41 bits per heavy atom. The number of amides is 2. The van der Waals surface area contributed by atoms with Gasteiger partial charge < -0.3 is 15.0 Å². The van der Waals surface area contributed by atoms with E-state index in [1.807, 2.05) is 24.3 Å². The lowest BCUT2D eigenvalue weighted by molar-refractivity contribution is -0.136. The first-order chi connectivity index (χ1) is 15.5. The molecule has 2 heterocycles. The number of anilines is 2. The van der Waals surface area contributed by atoms with Crippen LogP contribution in [0.2, 0.25) is 0 Å². The molecule has 0 aromatic heterocycles. The zero-order chi connectivity index (χ0) is 22.7. The lowest BCUT2D eigenvalue weighted by atomic mass is 9.99. The van der Waals surface area contributed by atoms with Gasteiger partial charge in [-0.1, -0.05) is 31.2 Å². The normalized spacial score (nSPS) is 17.2. The number of nitrogens with one attached hydrogen (secondary N) is 1. The van der Waals surface area contributed by atoms with Crippen LogP contribution in [-0.4, -0.2) is 43.5 Å². The van der Waals surface area contributed by atoms with Gasteiger partial charge in [0.25, 0.3) is 11.8 Å². The van der Waals surface area contributed by atoms with Crippen molar-refractivity contribution in [3.8, 4) is 5.75 Å². The van der Waals surface area contributed by atoms with E-state index in [4.69, 9.17) is 4.74 Å². The topological polar surface area (TPSA) is 61.9 Å². The van der Waals surface area contributed by atoms with E-state index < -0.39 is 0 Å². The van der Waals surface area contributed by atoms with E-state index in [2.05, 4.69) is 35.9 Å². The van der Waals surface area contributed by atoms with Crippen molar-refractivity contribution in [1.29, 1.82) is 0 Å². The summed E-state index contributed by atoms with van der Waals surface area (Å²) in [5.74, 6) is 0.584. The van der Waals surface area contributed by atoms with Crippen LogP contribution in [0.5, 0.6) is 5.75 Å². The molecule has 0 bridgehead atoms. The molecule has 2 amide bonds. The second-order valence-corrected chi connectivity index (χ2v) is 8.30. The molecule has 2 aliphatic heterocycles. The second kappa shape index (κ2) is 9.30. The molecule has 0 unspecified atom stereocenters. The second-order valence-electron chi connectivity index (χ2n) is 8.30. The molecule has 1 fully saturated rings. The largest absolute Gasteiger partial charge is 0.496 e. The minimum atomic E-state index is -0.370. The molecule has 2 aliphatic rings. The molecule has 32 heavy (non-hydrogen) atoms. The molecule has 2 aromatic carbocycles. The number of piperidine rings is 1. The van der Waals surface area contributed by atoms with Gasteiger partial charge in [0.15, 0.2) is 0 Å². The predicted octanol–water partition coefficient (Wildman–Crippen LogP) is 4.31. The molecular formula is C26H29N3O3. The number of carbonyl (C=O) groups is 2. The van der Waals surface area contributed by atoms with Crippen molar-refractivity contribution in [2.24, 2.45) is 5.92 Å². The zero-order valence-corrected chi connectivity index (χ0v) is 18.6. The molecular weight excluding hydrogens is 402 g/mol. The fourth-order valence-corrected chi connectivity index (χ4v) is 4.25. The molecule has 0 atom stereocenters. The lowest BCUT2D eigenvalue weighted by Gasteiger charge is -2.32. The van der Waals surface area contributed by atoms with Crippen LogP contribution in [0.3, 0.4) is 0 Å². The fraction of sp³-hybridized carbons (Fsp3) is 0.308. The third-order valence-corrected chi connectivity index (χ3v) is 6.14. The Morgan fingerprint density at radius 1 is 1.06 bits per heavy atom. The summed E-state index contributed by atoms with van der Waals surface area (Å²) in [5.41, 5.74) is 3.07. The zero-order valence-electron chi connectivity index (χ0n) is 18.6. The summed E-state index contributed by atoms with van der Waals surface area (Å²) in [7, 11) is 1.55. The molecule has 166 valence electrons. The molecule has 6 heteroatoms. The minimum absolute atomic E-state index is 0.147. The standard InChI is InChI=1S/C26H29N3O3/c1-4-15-29-25(30)23(21-7-5-6-8-22(21)32-3)24(26(29)31)27-19-9-11-20(12-10-19)28-16-13-18(2)14-17-28/h4-12,18,27H,1,13-17H2,2-3H3. The molecule has 0 spiro atoms. The van der Waals surface area contributed by atoms with Crippen LogP contribution in [-0.2, 0) is 9.59 Å². The molecule has 1 saturated heterocycles. The van der Waals surface area contributed by atoms with E-state index in [-0.39, 0.29) is 24.1 Å². The molecule has 6 nitrogen and oxygen atoms in total. The summed E-state index contributed by atoms with van der Waals surface area (Å²) < 4.78 is 5.46. The Hall–Kier alpha value is -3.54. The molecule has 1 N–H and O–H groups in total. The van der Waals surface area contributed by atoms with Crippen LogP contribution >= 0.6 is 0 Å². The summed E-state index contributed by atoms with van der Waals surface area (Å²) in [6, 6.07) is 15.3. The Morgan fingerprint density at radius 2 is 1.75 bits per heavy atom. The van der Waals surface area contributed by atoms with Gasteiger partial charge in [0.05, 0.1) is 12.7 Å². The van der Waals surface area contributed by atoms with E-state index in [1.54, 1.807) is 25.3 Å². The van der Waals surface area contributed by atoms with Crippen molar-refractivity contribution in [1.82, 2.24) is 4.90 Å². The number of nitrogens with zero attached hydrogens (tertiary/aromatic N) is 2.